The third-order valence-electron chi connectivity index (χ3n) is 5.51. The molecule has 1 aliphatic rings. The summed E-state index contributed by atoms with van der Waals surface area (Å²) in [4.78, 5) is 17.4. The van der Waals surface area contributed by atoms with Gasteiger partial charge in [0.25, 0.3) is 0 Å². The molecular weight excluding hydrogens is 418 g/mol. The maximum Gasteiger partial charge on any atom is 0.228 e. The monoisotopic (exact) mass is 439 g/mol. The number of anilines is 1. The van der Waals surface area contributed by atoms with Crippen LogP contribution in [0.2, 0.25) is 0 Å². The van der Waals surface area contributed by atoms with E-state index < -0.39 is 0 Å². The summed E-state index contributed by atoms with van der Waals surface area (Å²) in [6.45, 7) is 4.19. The molecule has 0 saturated heterocycles. The van der Waals surface area contributed by atoms with Crippen molar-refractivity contribution in [2.45, 2.75) is 26.7 Å². The van der Waals surface area contributed by atoms with Crippen LogP contribution in [0.4, 0.5) is 5.00 Å². The van der Waals surface area contributed by atoms with Crippen LogP contribution in [-0.2, 0) is 11.2 Å². The van der Waals surface area contributed by atoms with E-state index in [2.05, 4.69) is 35.4 Å². The quantitative estimate of drug-likeness (QED) is 0.440. The van der Waals surface area contributed by atoms with Gasteiger partial charge in [0.2, 0.25) is 5.91 Å². The normalized spacial score (nSPS) is 17.5. The van der Waals surface area contributed by atoms with Crippen molar-refractivity contribution < 1.29 is 4.79 Å². The maximum absolute atomic E-state index is 12.6. The summed E-state index contributed by atoms with van der Waals surface area (Å²) in [6.07, 6.45) is 3.61. The van der Waals surface area contributed by atoms with Gasteiger partial charge in [-0.25, -0.2) is 0 Å². The SMILES string of the molecule is CCc1cccc(-c2c(-c3ccc4[nH]ncc4c3)nsc2NC(=O)[C@@H]2C[C@H]2C)n1.Cl. The van der Waals surface area contributed by atoms with Crippen LogP contribution >= 0.6 is 23.9 Å². The van der Waals surface area contributed by atoms with Crippen molar-refractivity contribution in [2.24, 2.45) is 11.8 Å². The smallest absolute Gasteiger partial charge is 0.228 e. The number of carbonyl (C=O) groups is 1. The molecule has 6 nitrogen and oxygen atoms in total. The number of nitrogens with zero attached hydrogens (tertiary/aromatic N) is 3. The van der Waals surface area contributed by atoms with E-state index in [4.69, 9.17) is 9.36 Å². The summed E-state index contributed by atoms with van der Waals surface area (Å²) < 4.78 is 4.72. The average Bonchev–Trinajstić information content (AvgIpc) is 3.13. The number of H-pyrrole nitrogens is 1. The highest BCUT2D eigenvalue weighted by Gasteiger charge is 2.39. The lowest BCUT2D eigenvalue weighted by molar-refractivity contribution is -0.117. The number of nitrogens with one attached hydrogen (secondary N) is 2. The number of halogens is 1. The summed E-state index contributed by atoms with van der Waals surface area (Å²) in [5.74, 6) is 0.632. The number of benzene rings is 1. The zero-order valence-corrected chi connectivity index (χ0v) is 18.3. The molecule has 8 heteroatoms. The van der Waals surface area contributed by atoms with Gasteiger partial charge in [-0.1, -0.05) is 26.0 Å². The van der Waals surface area contributed by atoms with Crippen molar-refractivity contribution >= 4 is 45.8 Å². The Hall–Kier alpha value is -2.77. The Bertz CT molecular complexity index is 1220. The number of fused-ring (bicyclic) bond motifs is 1. The Morgan fingerprint density at radius 3 is 2.90 bits per heavy atom. The summed E-state index contributed by atoms with van der Waals surface area (Å²) in [7, 11) is 0. The molecule has 0 aliphatic heterocycles. The van der Waals surface area contributed by atoms with Gasteiger partial charge >= 0.3 is 0 Å². The predicted octanol–water partition coefficient (Wildman–Crippen LogP) is 5.33. The molecule has 2 N–H and O–H groups in total. The molecule has 154 valence electrons. The fourth-order valence-electron chi connectivity index (χ4n) is 3.61. The number of carbonyl (C=O) groups excluding carboxylic acids is 1. The second kappa shape index (κ2) is 8.16. The zero-order valence-electron chi connectivity index (χ0n) is 16.7. The number of pyridine rings is 1. The van der Waals surface area contributed by atoms with E-state index in [9.17, 15) is 4.79 Å². The number of aromatic nitrogens is 4. The van der Waals surface area contributed by atoms with Crippen molar-refractivity contribution in [3.63, 3.8) is 0 Å². The van der Waals surface area contributed by atoms with Gasteiger partial charge in [0.1, 0.15) is 5.00 Å². The van der Waals surface area contributed by atoms with E-state index in [1.54, 1.807) is 6.20 Å². The maximum atomic E-state index is 12.6. The minimum absolute atomic E-state index is 0. The van der Waals surface area contributed by atoms with Crippen LogP contribution in [0, 0.1) is 11.8 Å². The Kier molecular flexibility index (Phi) is 5.58. The molecule has 1 fully saturated rings. The third kappa shape index (κ3) is 3.70. The van der Waals surface area contributed by atoms with Crippen LogP contribution in [-0.4, -0.2) is 25.5 Å². The summed E-state index contributed by atoms with van der Waals surface area (Å²) in [6, 6.07) is 12.1. The molecule has 0 radical (unpaired) electrons. The Labute approximate surface area is 184 Å². The molecule has 0 bridgehead atoms. The zero-order chi connectivity index (χ0) is 20.0. The first-order valence-electron chi connectivity index (χ1n) is 9.84. The van der Waals surface area contributed by atoms with E-state index >= 15 is 0 Å². The molecule has 0 spiro atoms. The summed E-state index contributed by atoms with van der Waals surface area (Å²) >= 11 is 1.32. The van der Waals surface area contributed by atoms with Crippen molar-refractivity contribution in [1.82, 2.24) is 19.6 Å². The Morgan fingerprint density at radius 2 is 2.13 bits per heavy atom. The number of aryl methyl sites for hydroxylation is 1. The Balaban J connectivity index is 0.00000218. The molecule has 1 aliphatic carbocycles. The highest BCUT2D eigenvalue weighted by atomic mass is 35.5. The molecule has 1 aromatic carbocycles. The fraction of sp³-hybridized carbons (Fsp3) is 0.273. The minimum Gasteiger partial charge on any atom is -0.316 e. The molecule has 0 unspecified atom stereocenters. The number of hydrogen-bond acceptors (Lipinski definition) is 5. The highest BCUT2D eigenvalue weighted by molar-refractivity contribution is 7.11. The van der Waals surface area contributed by atoms with Crippen LogP contribution in [0.5, 0.6) is 0 Å². The predicted molar refractivity (Wildman–Crippen MR) is 123 cm³/mol. The summed E-state index contributed by atoms with van der Waals surface area (Å²) in [5, 5.41) is 12.0. The average molecular weight is 440 g/mol. The standard InChI is InChI=1S/C22H21N5OS.ClH/c1-3-15-5-4-6-18(24-15)19-20(13-7-8-17-14(10-13)11-23-26-17)27-29-22(19)25-21(28)16-9-12(16)2;/h4-8,10-12,16H,3,9H2,1-2H3,(H,23,26)(H,25,28);1H/t12-,16-;/m1./s1. The topological polar surface area (TPSA) is 83.6 Å². The largest absolute Gasteiger partial charge is 0.316 e. The van der Waals surface area contributed by atoms with Crippen LogP contribution in [0.25, 0.3) is 33.4 Å². The molecule has 30 heavy (non-hydrogen) atoms. The van der Waals surface area contributed by atoms with Gasteiger partial charge in [0.05, 0.1) is 28.7 Å². The second-order valence-electron chi connectivity index (χ2n) is 7.58. The Morgan fingerprint density at radius 1 is 1.30 bits per heavy atom. The number of aromatic amines is 1. The van der Waals surface area contributed by atoms with E-state index in [1.165, 1.54) is 11.5 Å². The third-order valence-corrected chi connectivity index (χ3v) is 6.28. The molecule has 3 heterocycles. The van der Waals surface area contributed by atoms with Gasteiger partial charge in [-0.3, -0.25) is 14.9 Å². The van der Waals surface area contributed by atoms with Gasteiger partial charge in [0.15, 0.2) is 0 Å². The number of amides is 1. The van der Waals surface area contributed by atoms with Gasteiger partial charge in [0, 0.05) is 22.6 Å². The molecule has 1 amide bonds. The first-order valence-corrected chi connectivity index (χ1v) is 10.6. The van der Waals surface area contributed by atoms with E-state index in [1.807, 2.05) is 30.3 Å². The van der Waals surface area contributed by atoms with Crippen LogP contribution < -0.4 is 5.32 Å². The van der Waals surface area contributed by atoms with Crippen LogP contribution in [0.1, 0.15) is 26.0 Å². The highest BCUT2D eigenvalue weighted by Crippen LogP contribution is 2.43. The van der Waals surface area contributed by atoms with E-state index in [0.29, 0.717) is 5.92 Å². The van der Waals surface area contributed by atoms with Crippen molar-refractivity contribution in [3.8, 4) is 22.5 Å². The molecular formula is C22H22ClN5OS. The van der Waals surface area contributed by atoms with Crippen molar-refractivity contribution in [3.05, 3.63) is 48.3 Å². The van der Waals surface area contributed by atoms with Gasteiger partial charge in [-0.2, -0.15) is 9.47 Å². The second-order valence-corrected chi connectivity index (χ2v) is 8.36. The van der Waals surface area contributed by atoms with Crippen molar-refractivity contribution in [2.75, 3.05) is 5.32 Å². The van der Waals surface area contributed by atoms with Crippen LogP contribution in [0.3, 0.4) is 0 Å². The van der Waals surface area contributed by atoms with E-state index in [0.717, 1.165) is 57.0 Å². The molecule has 4 aromatic rings. The molecule has 3 aromatic heterocycles. The van der Waals surface area contributed by atoms with Gasteiger partial charge in [-0.15, -0.1) is 12.4 Å². The fourth-order valence-corrected chi connectivity index (χ4v) is 4.43. The lowest BCUT2D eigenvalue weighted by atomic mass is 10.0. The first kappa shape index (κ1) is 20.5. The lowest BCUT2D eigenvalue weighted by Crippen LogP contribution is -2.14. The van der Waals surface area contributed by atoms with Gasteiger partial charge in [-0.05, 0) is 54.6 Å². The molecule has 1 saturated carbocycles. The summed E-state index contributed by atoms with van der Waals surface area (Å²) in [5.41, 5.74) is 5.52. The van der Waals surface area contributed by atoms with Crippen LogP contribution in [0.15, 0.2) is 42.6 Å². The minimum atomic E-state index is 0. The number of hydrogen-bond donors (Lipinski definition) is 2. The number of rotatable bonds is 5. The van der Waals surface area contributed by atoms with E-state index in [-0.39, 0.29) is 24.2 Å². The lowest BCUT2D eigenvalue weighted by Gasteiger charge is -2.09. The molecule has 2 atom stereocenters. The van der Waals surface area contributed by atoms with Crippen molar-refractivity contribution in [1.29, 1.82) is 0 Å². The molecule has 5 rings (SSSR count). The van der Waals surface area contributed by atoms with Gasteiger partial charge < -0.3 is 5.32 Å². The first-order chi connectivity index (χ1) is 14.1.